The highest BCUT2D eigenvalue weighted by molar-refractivity contribution is 6.30. The van der Waals surface area contributed by atoms with Gasteiger partial charge >= 0.3 is 5.97 Å². The molecule has 0 spiro atoms. The molecule has 1 aliphatic heterocycles. The number of carbonyl (C=O) groups is 2. The minimum absolute atomic E-state index is 0.0155. The van der Waals surface area contributed by atoms with Gasteiger partial charge in [0, 0.05) is 39.9 Å². The Morgan fingerprint density at radius 3 is 2.53 bits per heavy atom. The second-order valence-electron chi connectivity index (χ2n) is 10.1. The second-order valence-corrected chi connectivity index (χ2v) is 10.5. The maximum Gasteiger partial charge on any atom is 0.315 e. The summed E-state index contributed by atoms with van der Waals surface area (Å²) in [5.74, 6) is -0.584. The van der Waals surface area contributed by atoms with Crippen molar-refractivity contribution in [1.82, 2.24) is 0 Å². The maximum absolute atomic E-state index is 13.8. The van der Waals surface area contributed by atoms with Crippen molar-refractivity contribution in [3.8, 4) is 5.75 Å². The van der Waals surface area contributed by atoms with Crippen LogP contribution in [0.2, 0.25) is 5.02 Å². The zero-order valence-corrected chi connectivity index (χ0v) is 22.2. The Kier molecular flexibility index (Phi) is 8.30. The first-order valence-electron chi connectivity index (χ1n) is 12.7. The molecule has 0 fully saturated rings. The Labute approximate surface area is 218 Å². The van der Waals surface area contributed by atoms with Gasteiger partial charge in [0.05, 0.1) is 13.2 Å². The number of para-hydroxylation sites is 1. The smallest absolute Gasteiger partial charge is 0.315 e. The molecule has 2 aromatic carbocycles. The van der Waals surface area contributed by atoms with Gasteiger partial charge in [-0.3, -0.25) is 14.6 Å². The van der Waals surface area contributed by atoms with E-state index in [1.807, 2.05) is 76.2 Å². The molecule has 36 heavy (non-hydrogen) atoms. The zero-order valence-electron chi connectivity index (χ0n) is 21.4. The van der Waals surface area contributed by atoms with Crippen LogP contribution < -0.4 is 4.74 Å². The van der Waals surface area contributed by atoms with E-state index in [0.717, 1.165) is 23.2 Å². The van der Waals surface area contributed by atoms with E-state index in [2.05, 4.69) is 0 Å². The number of benzene rings is 2. The van der Waals surface area contributed by atoms with E-state index in [9.17, 15) is 9.59 Å². The van der Waals surface area contributed by atoms with E-state index < -0.39 is 11.8 Å². The van der Waals surface area contributed by atoms with Crippen LogP contribution in [0.3, 0.4) is 0 Å². The summed E-state index contributed by atoms with van der Waals surface area (Å²) in [6.45, 7) is 8.79. The van der Waals surface area contributed by atoms with Gasteiger partial charge in [0.25, 0.3) is 0 Å². The van der Waals surface area contributed by atoms with Crippen molar-refractivity contribution in [3.05, 3.63) is 76.0 Å². The van der Waals surface area contributed by atoms with E-state index >= 15 is 0 Å². The Hall–Kier alpha value is -2.92. The fourth-order valence-corrected chi connectivity index (χ4v) is 5.22. The molecule has 1 heterocycles. The summed E-state index contributed by atoms with van der Waals surface area (Å²) < 4.78 is 11.8. The summed E-state index contributed by atoms with van der Waals surface area (Å²) in [4.78, 5) is 32.1. The topological polar surface area (TPSA) is 65.0 Å². The third-order valence-corrected chi connectivity index (χ3v) is 7.01. The number of Topliss-reactive ketones (excluding diaryl/α,β-unsaturated/α-hetero) is 1. The molecule has 2 aliphatic rings. The van der Waals surface area contributed by atoms with Crippen LogP contribution in [0, 0.1) is 11.8 Å². The summed E-state index contributed by atoms with van der Waals surface area (Å²) in [6.07, 6.45) is 1.84. The number of carbonyl (C=O) groups excluding carboxylic acids is 2. The molecule has 3 atom stereocenters. The summed E-state index contributed by atoms with van der Waals surface area (Å²) in [5.41, 5.74) is 3.94. The van der Waals surface area contributed by atoms with Gasteiger partial charge in [-0.25, -0.2) is 0 Å². The number of ketones is 1. The largest absolute Gasteiger partial charge is 0.493 e. The SMILES string of the molecule is CCCOc1ccccc1C1C2=C(CC(c3ccc(Cl)cc3)CC2=O)N=C(C)C1C(=O)OCC(C)C. The lowest BCUT2D eigenvalue weighted by molar-refractivity contribution is -0.147. The minimum atomic E-state index is -0.676. The molecular weight excluding hydrogens is 474 g/mol. The highest BCUT2D eigenvalue weighted by Gasteiger charge is 2.45. The fraction of sp³-hybridized carbons (Fsp3) is 0.433. The first-order valence-corrected chi connectivity index (χ1v) is 13.1. The predicted molar refractivity (Wildman–Crippen MR) is 143 cm³/mol. The molecule has 190 valence electrons. The van der Waals surface area contributed by atoms with Crippen LogP contribution in [0.4, 0.5) is 0 Å². The van der Waals surface area contributed by atoms with Gasteiger partial charge < -0.3 is 9.47 Å². The number of hydrogen-bond donors (Lipinski definition) is 0. The number of hydrogen-bond acceptors (Lipinski definition) is 5. The van der Waals surface area contributed by atoms with Crippen LogP contribution in [-0.2, 0) is 14.3 Å². The highest BCUT2D eigenvalue weighted by Crippen LogP contribution is 2.48. The van der Waals surface area contributed by atoms with E-state index in [0.29, 0.717) is 48.1 Å². The minimum Gasteiger partial charge on any atom is -0.493 e. The molecule has 0 saturated carbocycles. The lowest BCUT2D eigenvalue weighted by Crippen LogP contribution is -2.38. The molecular formula is C30H34ClNO4. The molecule has 5 nitrogen and oxygen atoms in total. The Balaban J connectivity index is 1.79. The highest BCUT2D eigenvalue weighted by atomic mass is 35.5. The first-order chi connectivity index (χ1) is 17.3. The normalized spacial score (nSPS) is 21.8. The lowest BCUT2D eigenvalue weighted by atomic mass is 9.69. The fourth-order valence-electron chi connectivity index (χ4n) is 5.09. The van der Waals surface area contributed by atoms with Gasteiger partial charge in [-0.05, 0) is 55.4 Å². The Bertz CT molecular complexity index is 1180. The van der Waals surface area contributed by atoms with Crippen molar-refractivity contribution in [2.45, 2.75) is 58.8 Å². The standard InChI is InChI=1S/C30H34ClNO4/c1-5-14-35-26-9-7-6-8-23(26)28-27(30(34)36-17-18(2)3)19(4)32-24-15-21(16-25(33)29(24)28)20-10-12-22(31)13-11-20/h6-13,18,21,27-28H,5,14-17H2,1-4H3. The molecule has 0 radical (unpaired) electrons. The van der Waals surface area contributed by atoms with Crippen molar-refractivity contribution in [2.24, 2.45) is 16.8 Å². The van der Waals surface area contributed by atoms with Crippen molar-refractivity contribution in [2.75, 3.05) is 13.2 Å². The third-order valence-electron chi connectivity index (χ3n) is 6.76. The third kappa shape index (κ3) is 5.57. The molecule has 2 aromatic rings. The number of ether oxygens (including phenoxy) is 2. The molecule has 1 aliphatic carbocycles. The summed E-state index contributed by atoms with van der Waals surface area (Å²) in [7, 11) is 0. The van der Waals surface area contributed by atoms with E-state index in [1.54, 1.807) is 0 Å². The van der Waals surface area contributed by atoms with Gasteiger partial charge in [-0.15, -0.1) is 0 Å². The number of esters is 1. The molecule has 0 saturated heterocycles. The predicted octanol–water partition coefficient (Wildman–Crippen LogP) is 6.90. The Morgan fingerprint density at radius 2 is 1.83 bits per heavy atom. The van der Waals surface area contributed by atoms with Crippen LogP contribution in [0.1, 0.15) is 69.9 Å². The number of nitrogens with zero attached hydrogens (tertiary/aromatic N) is 1. The van der Waals surface area contributed by atoms with E-state index in [4.69, 9.17) is 26.1 Å². The molecule has 0 amide bonds. The van der Waals surface area contributed by atoms with Crippen molar-refractivity contribution < 1.29 is 19.1 Å². The van der Waals surface area contributed by atoms with E-state index in [1.165, 1.54) is 0 Å². The van der Waals surface area contributed by atoms with Gasteiger partial charge in [-0.1, -0.05) is 62.7 Å². The van der Waals surface area contributed by atoms with Crippen LogP contribution >= 0.6 is 11.6 Å². The number of halogens is 1. The van der Waals surface area contributed by atoms with Gasteiger partial charge in [0.15, 0.2) is 5.78 Å². The number of allylic oxidation sites excluding steroid dienone is 2. The number of aliphatic imine (C=N–C) groups is 1. The molecule has 6 heteroatoms. The zero-order chi connectivity index (χ0) is 25.8. The van der Waals surface area contributed by atoms with Gasteiger partial charge in [0.1, 0.15) is 11.7 Å². The molecule has 0 bridgehead atoms. The van der Waals surface area contributed by atoms with Crippen LogP contribution in [-0.4, -0.2) is 30.7 Å². The van der Waals surface area contributed by atoms with Crippen molar-refractivity contribution in [1.29, 1.82) is 0 Å². The Morgan fingerprint density at radius 1 is 1.11 bits per heavy atom. The average molecular weight is 508 g/mol. The van der Waals surface area contributed by atoms with Crippen molar-refractivity contribution >= 4 is 29.1 Å². The lowest BCUT2D eigenvalue weighted by Gasteiger charge is -2.37. The molecule has 3 unspecified atom stereocenters. The summed E-state index contributed by atoms with van der Waals surface area (Å²) in [5, 5.41) is 0.666. The van der Waals surface area contributed by atoms with Crippen LogP contribution in [0.25, 0.3) is 0 Å². The van der Waals surface area contributed by atoms with Crippen LogP contribution in [0.5, 0.6) is 5.75 Å². The average Bonchev–Trinajstić information content (AvgIpc) is 2.85. The molecule has 0 aromatic heterocycles. The second kappa shape index (κ2) is 11.4. The molecule has 4 rings (SSSR count). The van der Waals surface area contributed by atoms with E-state index in [-0.39, 0.29) is 23.6 Å². The number of rotatable bonds is 8. The monoisotopic (exact) mass is 507 g/mol. The van der Waals surface area contributed by atoms with Crippen LogP contribution in [0.15, 0.2) is 64.8 Å². The first kappa shape index (κ1) is 26.2. The molecule has 0 N–H and O–H groups in total. The van der Waals surface area contributed by atoms with Gasteiger partial charge in [0.2, 0.25) is 0 Å². The maximum atomic E-state index is 13.8. The summed E-state index contributed by atoms with van der Waals surface area (Å²) >= 11 is 6.08. The summed E-state index contributed by atoms with van der Waals surface area (Å²) in [6, 6.07) is 15.4. The van der Waals surface area contributed by atoms with Gasteiger partial charge in [-0.2, -0.15) is 0 Å². The van der Waals surface area contributed by atoms with Crippen molar-refractivity contribution in [3.63, 3.8) is 0 Å². The quantitative estimate of drug-likeness (QED) is 0.364.